The van der Waals surface area contributed by atoms with Crippen molar-refractivity contribution in [1.29, 1.82) is 0 Å². The molecule has 0 fully saturated rings. The molecule has 8 rings (SSSR count). The summed E-state index contributed by atoms with van der Waals surface area (Å²) in [5.41, 5.74) is 23.8. The van der Waals surface area contributed by atoms with E-state index in [0.717, 1.165) is 19.3 Å². The first kappa shape index (κ1) is 42.8. The van der Waals surface area contributed by atoms with Gasteiger partial charge in [-0.2, -0.15) is 0 Å². The molecule has 56 heavy (non-hydrogen) atoms. The minimum Gasteiger partial charge on any atom is -1.00 e. The van der Waals surface area contributed by atoms with Gasteiger partial charge in [0.25, 0.3) is 0 Å². The molecule has 0 amide bonds. The van der Waals surface area contributed by atoms with Gasteiger partial charge in [0.1, 0.15) is 0 Å². The van der Waals surface area contributed by atoms with E-state index in [0.29, 0.717) is 5.92 Å². The Bertz CT molecular complexity index is 2370. The van der Waals surface area contributed by atoms with Gasteiger partial charge in [-0.3, -0.25) is 0 Å². The quantitative estimate of drug-likeness (QED) is 0.162. The predicted octanol–water partition coefficient (Wildman–Crippen LogP) is 8.16. The fourth-order valence-corrected chi connectivity index (χ4v) is 21.1. The van der Waals surface area contributed by atoms with Gasteiger partial charge in [-0.15, -0.1) is 0 Å². The van der Waals surface area contributed by atoms with Gasteiger partial charge in [0, 0.05) is 0 Å². The molecule has 0 saturated carbocycles. The number of benzene rings is 4. The molecule has 4 aromatic rings. The molecule has 0 aliphatic heterocycles. The van der Waals surface area contributed by atoms with E-state index < -0.39 is 21.3 Å². The summed E-state index contributed by atoms with van der Waals surface area (Å²) >= 11 is -3.00. The maximum atomic E-state index is 2.71. The summed E-state index contributed by atoms with van der Waals surface area (Å²) in [6.07, 6.45) is 8.45. The SMILES string of the molecule is CCC1=[C]([Zr+2]([C]2=C(C)c3cc4c(cc3C2(C)C)Cc2cc3c(cc2-4)C(C)=CC3(C)C)=[C](c2ccc(C)cc2)c2ccc(C)cc2)C(CC)C=C1C(C)(C)C.[Cl-].[Cl-]. The third-order valence-electron chi connectivity index (χ3n) is 13.4. The first-order chi connectivity index (χ1) is 25.5. The molecule has 4 aromatic carbocycles. The molecule has 4 aliphatic rings. The molecule has 0 aromatic heterocycles. The third-order valence-corrected chi connectivity index (χ3v) is 22.7. The molecule has 290 valence electrons. The Labute approximate surface area is 358 Å². The summed E-state index contributed by atoms with van der Waals surface area (Å²) in [5.74, 6) is 0.480. The van der Waals surface area contributed by atoms with E-state index in [4.69, 9.17) is 0 Å². The first-order valence-electron chi connectivity index (χ1n) is 20.6. The first-order valence-corrected chi connectivity index (χ1v) is 24.3. The molecule has 0 nitrogen and oxygen atoms in total. The van der Waals surface area contributed by atoms with Crippen molar-refractivity contribution in [3.05, 3.63) is 158 Å². The molecule has 0 radical (unpaired) electrons. The van der Waals surface area contributed by atoms with Crippen LogP contribution in [-0.2, 0) is 38.5 Å². The average molecular weight is 859 g/mol. The summed E-state index contributed by atoms with van der Waals surface area (Å²) < 4.78 is 5.25. The Hall–Kier alpha value is -2.83. The van der Waals surface area contributed by atoms with Crippen molar-refractivity contribution in [3.8, 4) is 11.1 Å². The average Bonchev–Trinajstić information content (AvgIpc) is 3.79. The van der Waals surface area contributed by atoms with Gasteiger partial charge in [0.05, 0.1) is 0 Å². The molecule has 0 N–H and O–H groups in total. The van der Waals surface area contributed by atoms with Crippen molar-refractivity contribution in [2.45, 2.75) is 120 Å². The molecule has 3 heteroatoms. The Balaban J connectivity index is 0.00000266. The van der Waals surface area contributed by atoms with Crippen molar-refractivity contribution in [2.75, 3.05) is 0 Å². The van der Waals surface area contributed by atoms with Gasteiger partial charge in [-0.05, 0) is 0 Å². The Kier molecular flexibility index (Phi) is 11.5. The van der Waals surface area contributed by atoms with Crippen LogP contribution in [0.25, 0.3) is 22.3 Å². The minimum absolute atomic E-state index is 0. The fourth-order valence-electron chi connectivity index (χ4n) is 10.7. The predicted molar refractivity (Wildman–Crippen MR) is 231 cm³/mol. The second kappa shape index (κ2) is 15.1. The summed E-state index contributed by atoms with van der Waals surface area (Å²) in [4.78, 5) is 0. The van der Waals surface area contributed by atoms with E-state index in [1.807, 2.05) is 3.28 Å². The number of hydrogen-bond acceptors (Lipinski definition) is 0. The van der Waals surface area contributed by atoms with E-state index in [1.165, 1.54) is 66.8 Å². The monoisotopic (exact) mass is 856 g/mol. The van der Waals surface area contributed by atoms with Gasteiger partial charge in [0.2, 0.25) is 0 Å². The largest absolute Gasteiger partial charge is 1.00 e. The van der Waals surface area contributed by atoms with E-state index >= 15 is 0 Å². The van der Waals surface area contributed by atoms with Crippen molar-refractivity contribution in [2.24, 2.45) is 11.3 Å². The Morgan fingerprint density at radius 1 is 0.696 bits per heavy atom. The normalized spacial score (nSPS) is 18.2. The van der Waals surface area contributed by atoms with Gasteiger partial charge in [-0.1, -0.05) is 0 Å². The van der Waals surface area contributed by atoms with E-state index in [2.05, 4.69) is 175 Å². The van der Waals surface area contributed by atoms with Gasteiger partial charge in [-0.25, -0.2) is 0 Å². The summed E-state index contributed by atoms with van der Waals surface area (Å²) in [7, 11) is 0. The molecular weight excluding hydrogens is 799 g/mol. The number of halogens is 2. The van der Waals surface area contributed by atoms with Crippen molar-refractivity contribution >= 4 is 14.4 Å². The van der Waals surface area contributed by atoms with Crippen LogP contribution in [-0.4, -0.2) is 3.21 Å². The summed E-state index contributed by atoms with van der Waals surface area (Å²) in [6, 6.07) is 29.5. The zero-order valence-electron chi connectivity index (χ0n) is 36.0. The third kappa shape index (κ3) is 6.75. The van der Waals surface area contributed by atoms with Crippen LogP contribution in [0.3, 0.4) is 0 Å². The van der Waals surface area contributed by atoms with E-state index in [-0.39, 0.29) is 41.1 Å². The molecule has 1 unspecified atom stereocenters. The van der Waals surface area contributed by atoms with Crippen LogP contribution in [0.1, 0.15) is 145 Å². The zero-order valence-corrected chi connectivity index (χ0v) is 40.0. The second-order valence-electron chi connectivity index (χ2n) is 19.0. The van der Waals surface area contributed by atoms with Gasteiger partial charge < -0.3 is 24.8 Å². The summed E-state index contributed by atoms with van der Waals surface area (Å²) in [6.45, 7) is 31.3. The van der Waals surface area contributed by atoms with Crippen LogP contribution in [0.15, 0.2) is 103 Å². The van der Waals surface area contributed by atoms with E-state index in [9.17, 15) is 0 Å². The van der Waals surface area contributed by atoms with Crippen LogP contribution in [0.4, 0.5) is 0 Å². The molecule has 0 saturated heterocycles. The van der Waals surface area contributed by atoms with Crippen LogP contribution < -0.4 is 24.8 Å². The van der Waals surface area contributed by atoms with E-state index in [1.54, 1.807) is 28.8 Å². The Morgan fingerprint density at radius 2 is 1.21 bits per heavy atom. The number of aryl methyl sites for hydroxylation is 2. The van der Waals surface area contributed by atoms with Gasteiger partial charge in [0.15, 0.2) is 0 Å². The number of rotatable bonds is 6. The van der Waals surface area contributed by atoms with Crippen LogP contribution in [0.2, 0.25) is 0 Å². The molecule has 0 heterocycles. The summed E-state index contributed by atoms with van der Waals surface area (Å²) in [5, 5.41) is 0. The van der Waals surface area contributed by atoms with Crippen molar-refractivity contribution in [3.63, 3.8) is 0 Å². The zero-order chi connectivity index (χ0) is 38.6. The molecule has 1 atom stereocenters. The number of hydrogen-bond donors (Lipinski definition) is 0. The van der Waals surface area contributed by atoms with Crippen LogP contribution >= 0.6 is 0 Å². The fraction of sp³-hybridized carbons (Fsp3) is 0.377. The van der Waals surface area contributed by atoms with Crippen molar-refractivity contribution < 1.29 is 46.1 Å². The second-order valence-corrected chi connectivity index (χ2v) is 24.7. The van der Waals surface area contributed by atoms with Gasteiger partial charge >= 0.3 is 336 Å². The molecular formula is C53H60Cl2Zr. The van der Waals surface area contributed by atoms with Crippen LogP contribution in [0.5, 0.6) is 0 Å². The minimum atomic E-state index is -3.00. The standard InChI is InChI=1S/C25H25.C15H14.C13H21.2ClH.Zr/c1-14-12-24(3,4)22-8-16-7-17-9-23-19(15(2)13-25(23,5)6)11-21(17)20(16)10-18(14)22;1-12-3-7-14(8-4-12)11-15-9-5-13(2)6-10-15;1-6-10-8-11(7-2)12(9-10)13(3,4)5;;;/h8-12H,7H2,1-6H3;3-10H,1-2H3;9-10H,6-7H2,1-5H3;2*1H;/q;;;;;+2/p-2. The maximum Gasteiger partial charge on any atom is -1.00 e. The smallest absolute Gasteiger partial charge is 1.00 e. The van der Waals surface area contributed by atoms with Crippen molar-refractivity contribution in [1.82, 2.24) is 0 Å². The maximum absolute atomic E-state index is 3.00. The number of allylic oxidation sites excluding steroid dienone is 8. The Morgan fingerprint density at radius 3 is 1.71 bits per heavy atom. The number of fused-ring (bicyclic) bond motifs is 5. The topological polar surface area (TPSA) is 0 Å². The van der Waals surface area contributed by atoms with Crippen LogP contribution in [0, 0.1) is 25.2 Å². The molecule has 4 aliphatic carbocycles. The molecule has 0 bridgehead atoms. The molecule has 0 spiro atoms.